The number of hydrogen-bond acceptors (Lipinski definition) is 6. The second-order valence-electron chi connectivity index (χ2n) is 6.82. The number of carboxylic acids is 1. The van der Waals surface area contributed by atoms with Gasteiger partial charge in [-0.25, -0.2) is 4.79 Å². The van der Waals surface area contributed by atoms with Crippen LogP contribution in [-0.4, -0.2) is 68.2 Å². The van der Waals surface area contributed by atoms with Crippen molar-refractivity contribution in [2.45, 2.75) is 45.4 Å². The molecule has 1 fully saturated rings. The molecule has 0 radical (unpaired) electrons. The molecule has 2 atom stereocenters. The summed E-state index contributed by atoms with van der Waals surface area (Å²) in [5.74, 6) is -0.973. The molecule has 24 heavy (non-hydrogen) atoms. The van der Waals surface area contributed by atoms with Crippen molar-refractivity contribution in [3.05, 3.63) is 24.3 Å². The fourth-order valence-electron chi connectivity index (χ4n) is 2.67. The number of nitrogens with zero attached hydrogens (tertiary/aromatic N) is 4. The van der Waals surface area contributed by atoms with E-state index < -0.39 is 23.7 Å². The van der Waals surface area contributed by atoms with Gasteiger partial charge in [0.15, 0.2) is 0 Å². The van der Waals surface area contributed by atoms with Crippen molar-refractivity contribution in [2.75, 3.05) is 19.6 Å². The van der Waals surface area contributed by atoms with Gasteiger partial charge in [-0.05, 0) is 27.7 Å². The van der Waals surface area contributed by atoms with Crippen molar-refractivity contribution < 1.29 is 19.4 Å². The van der Waals surface area contributed by atoms with Crippen molar-refractivity contribution >= 4 is 12.1 Å². The van der Waals surface area contributed by atoms with Crippen LogP contribution in [-0.2, 0) is 9.53 Å². The molecule has 1 aromatic rings. The third kappa shape index (κ3) is 4.41. The predicted octanol–water partition coefficient (Wildman–Crippen LogP) is 1.54. The number of aromatic nitrogens is 2. The number of ether oxygens (including phenoxy) is 1. The molecular weight excluding hydrogens is 312 g/mol. The zero-order valence-electron chi connectivity index (χ0n) is 14.5. The number of carboxylic acid groups (broad SMARTS) is 1. The lowest BCUT2D eigenvalue weighted by atomic mass is 10.1. The highest BCUT2D eigenvalue weighted by Crippen LogP contribution is 2.24. The number of hydrogen-bond donors (Lipinski definition) is 1. The van der Waals surface area contributed by atoms with Crippen LogP contribution in [0.1, 0.15) is 39.4 Å². The van der Waals surface area contributed by atoms with Gasteiger partial charge in [0, 0.05) is 31.7 Å². The minimum absolute atomic E-state index is 0.0782. The first-order valence-electron chi connectivity index (χ1n) is 7.91. The maximum Gasteiger partial charge on any atom is 0.410 e. The Morgan fingerprint density at radius 2 is 2.04 bits per heavy atom. The molecule has 1 aliphatic rings. The molecule has 2 rings (SSSR count). The van der Waals surface area contributed by atoms with Gasteiger partial charge in [0.25, 0.3) is 0 Å². The zero-order valence-corrected chi connectivity index (χ0v) is 14.5. The molecule has 2 heterocycles. The van der Waals surface area contributed by atoms with E-state index in [0.29, 0.717) is 18.8 Å². The van der Waals surface area contributed by atoms with Crippen molar-refractivity contribution in [3.63, 3.8) is 0 Å². The Bertz CT molecular complexity index is 587. The van der Waals surface area contributed by atoms with Gasteiger partial charge >= 0.3 is 12.1 Å². The van der Waals surface area contributed by atoms with Gasteiger partial charge in [-0.2, -0.15) is 0 Å². The second kappa shape index (κ2) is 7.12. The summed E-state index contributed by atoms with van der Waals surface area (Å²) >= 11 is 0. The number of carbonyl (C=O) groups excluding carboxylic acids is 1. The number of carbonyl (C=O) groups is 2. The summed E-state index contributed by atoms with van der Waals surface area (Å²) in [5.41, 5.74) is 0.0920. The van der Waals surface area contributed by atoms with E-state index >= 15 is 0 Å². The second-order valence-corrected chi connectivity index (χ2v) is 6.82. The number of rotatable bonds is 3. The van der Waals surface area contributed by atoms with E-state index in [9.17, 15) is 14.7 Å². The number of aliphatic carboxylic acids is 1. The molecule has 0 saturated carbocycles. The first kappa shape index (κ1) is 18.1. The summed E-state index contributed by atoms with van der Waals surface area (Å²) in [6.45, 7) is 8.15. The summed E-state index contributed by atoms with van der Waals surface area (Å²) in [6, 6.07) is -1.02. The first-order chi connectivity index (χ1) is 11.2. The van der Waals surface area contributed by atoms with Crippen LogP contribution in [0.3, 0.4) is 0 Å². The molecule has 0 bridgehead atoms. The maximum atomic E-state index is 12.2. The van der Waals surface area contributed by atoms with Crippen molar-refractivity contribution in [1.29, 1.82) is 0 Å². The molecule has 1 N–H and O–H groups in total. The molecular formula is C16H24N4O4. The van der Waals surface area contributed by atoms with Gasteiger partial charge in [0.05, 0.1) is 18.3 Å². The van der Waals surface area contributed by atoms with Crippen LogP contribution in [0, 0.1) is 0 Å². The average Bonchev–Trinajstić information content (AvgIpc) is 2.52. The lowest BCUT2D eigenvalue weighted by Crippen LogP contribution is -2.58. The van der Waals surface area contributed by atoms with Gasteiger partial charge in [0.1, 0.15) is 11.6 Å². The molecule has 0 aromatic carbocycles. The molecule has 8 nitrogen and oxygen atoms in total. The molecule has 0 spiro atoms. The van der Waals surface area contributed by atoms with Crippen molar-refractivity contribution in [3.8, 4) is 0 Å². The van der Waals surface area contributed by atoms with E-state index in [-0.39, 0.29) is 12.6 Å². The number of piperazine rings is 1. The molecule has 0 unspecified atom stereocenters. The van der Waals surface area contributed by atoms with E-state index in [0.717, 1.165) is 0 Å². The van der Waals surface area contributed by atoms with Crippen LogP contribution in [0.25, 0.3) is 0 Å². The van der Waals surface area contributed by atoms with E-state index in [1.165, 1.54) is 4.90 Å². The fraction of sp³-hybridized carbons (Fsp3) is 0.625. The third-order valence-corrected chi connectivity index (χ3v) is 3.87. The minimum atomic E-state index is -0.973. The largest absolute Gasteiger partial charge is 0.480 e. The van der Waals surface area contributed by atoms with Gasteiger partial charge in [-0.1, -0.05) is 0 Å². The Morgan fingerprint density at radius 3 is 2.58 bits per heavy atom. The van der Waals surface area contributed by atoms with Crippen molar-refractivity contribution in [1.82, 2.24) is 19.8 Å². The van der Waals surface area contributed by atoms with Crippen molar-refractivity contribution in [2.24, 2.45) is 0 Å². The average molecular weight is 336 g/mol. The molecule has 8 heteroatoms. The lowest BCUT2D eigenvalue weighted by Gasteiger charge is -2.42. The molecule has 0 aliphatic carbocycles. The molecule has 1 saturated heterocycles. The third-order valence-electron chi connectivity index (χ3n) is 3.87. The van der Waals surface area contributed by atoms with Gasteiger partial charge in [-0.3, -0.25) is 19.7 Å². The van der Waals surface area contributed by atoms with E-state index in [1.54, 1.807) is 39.4 Å². The van der Waals surface area contributed by atoms with E-state index in [2.05, 4.69) is 9.97 Å². The zero-order chi connectivity index (χ0) is 17.9. The number of amides is 1. The van der Waals surface area contributed by atoms with Gasteiger partial charge in [0.2, 0.25) is 0 Å². The highest BCUT2D eigenvalue weighted by Gasteiger charge is 2.38. The van der Waals surface area contributed by atoms with Crippen LogP contribution in [0.15, 0.2) is 18.6 Å². The molecule has 132 valence electrons. The molecule has 1 aromatic heterocycles. The van der Waals surface area contributed by atoms with Crippen LogP contribution in [0.2, 0.25) is 0 Å². The van der Waals surface area contributed by atoms with Crippen LogP contribution < -0.4 is 0 Å². The summed E-state index contributed by atoms with van der Waals surface area (Å²) in [6.07, 6.45) is 4.30. The minimum Gasteiger partial charge on any atom is -0.480 e. The Morgan fingerprint density at radius 1 is 1.33 bits per heavy atom. The van der Waals surface area contributed by atoms with Gasteiger partial charge < -0.3 is 14.7 Å². The first-order valence-corrected chi connectivity index (χ1v) is 7.91. The summed E-state index contributed by atoms with van der Waals surface area (Å²) in [5, 5.41) is 9.58. The lowest BCUT2D eigenvalue weighted by molar-refractivity contribution is -0.147. The predicted molar refractivity (Wildman–Crippen MR) is 86.4 cm³/mol. The smallest absolute Gasteiger partial charge is 0.410 e. The Balaban J connectivity index is 2.11. The summed E-state index contributed by atoms with van der Waals surface area (Å²) < 4.78 is 5.34. The van der Waals surface area contributed by atoms with Crippen LogP contribution in [0.5, 0.6) is 0 Å². The topological polar surface area (TPSA) is 95.9 Å². The monoisotopic (exact) mass is 336 g/mol. The summed E-state index contributed by atoms with van der Waals surface area (Å²) in [7, 11) is 0. The van der Waals surface area contributed by atoms with Crippen LogP contribution >= 0.6 is 0 Å². The normalized spacial score (nSPS) is 20.5. The fourth-order valence-corrected chi connectivity index (χ4v) is 2.67. The Labute approximate surface area is 141 Å². The standard InChI is InChI=1S/C16H24N4O4/c1-11(12-9-17-5-6-18-12)20-8-7-19(10-13(20)14(21)22)15(23)24-16(2,3)4/h5-6,9,11,13H,7-8,10H2,1-4H3,(H,21,22)/t11-,13+/m1/s1. The maximum absolute atomic E-state index is 12.2. The highest BCUT2D eigenvalue weighted by atomic mass is 16.6. The molecule has 1 aliphatic heterocycles. The van der Waals surface area contributed by atoms with Gasteiger partial charge in [-0.15, -0.1) is 0 Å². The highest BCUT2D eigenvalue weighted by molar-refractivity contribution is 5.76. The van der Waals surface area contributed by atoms with Crippen LogP contribution in [0.4, 0.5) is 4.79 Å². The Hall–Kier alpha value is -2.22. The summed E-state index contributed by atoms with van der Waals surface area (Å²) in [4.78, 5) is 35.5. The SMILES string of the molecule is C[C@H](c1cnccn1)N1CCN(C(=O)OC(C)(C)C)C[C@H]1C(=O)O. The van der Waals surface area contributed by atoms with E-state index in [1.807, 2.05) is 11.8 Å². The Kier molecular flexibility index (Phi) is 5.38. The molecule has 1 amide bonds. The van der Waals surface area contributed by atoms with E-state index in [4.69, 9.17) is 4.74 Å². The quantitative estimate of drug-likeness (QED) is 0.894.